The molecule has 1 rings (SSSR count). The minimum atomic E-state index is 0.113. The van der Waals surface area contributed by atoms with Crippen LogP contribution in [0.4, 0.5) is 0 Å². The Morgan fingerprint density at radius 2 is 2.12 bits per heavy atom. The van der Waals surface area contributed by atoms with Gasteiger partial charge in [-0.15, -0.1) is 12.3 Å². The van der Waals surface area contributed by atoms with Crippen LogP contribution in [0.1, 0.15) is 18.9 Å². The minimum absolute atomic E-state index is 0.113. The van der Waals surface area contributed by atoms with E-state index in [9.17, 15) is 0 Å². The van der Waals surface area contributed by atoms with Gasteiger partial charge in [-0.1, -0.05) is 12.1 Å². The molecular formula is C14H19NO2. The number of rotatable bonds is 7. The molecule has 3 nitrogen and oxygen atoms in total. The van der Waals surface area contributed by atoms with E-state index in [1.165, 1.54) is 0 Å². The average Bonchev–Trinajstić information content (AvgIpc) is 2.37. The van der Waals surface area contributed by atoms with Crippen molar-refractivity contribution in [2.24, 2.45) is 0 Å². The van der Waals surface area contributed by atoms with Crippen LogP contribution in [-0.4, -0.2) is 24.4 Å². The maximum Gasteiger partial charge on any atom is 0.119 e. The van der Waals surface area contributed by atoms with Gasteiger partial charge >= 0.3 is 0 Å². The molecule has 1 unspecified atom stereocenters. The van der Waals surface area contributed by atoms with Gasteiger partial charge in [0, 0.05) is 19.0 Å². The summed E-state index contributed by atoms with van der Waals surface area (Å²) in [4.78, 5) is 0. The first kappa shape index (κ1) is 13.6. The van der Waals surface area contributed by atoms with E-state index in [1.807, 2.05) is 31.2 Å². The minimum Gasteiger partial charge on any atom is -0.493 e. The van der Waals surface area contributed by atoms with Gasteiger partial charge in [0.2, 0.25) is 0 Å². The maximum absolute atomic E-state index is 8.88. The molecule has 1 atom stereocenters. The molecule has 17 heavy (non-hydrogen) atoms. The van der Waals surface area contributed by atoms with Gasteiger partial charge in [0.15, 0.2) is 0 Å². The largest absolute Gasteiger partial charge is 0.493 e. The normalized spacial score (nSPS) is 11.8. The van der Waals surface area contributed by atoms with Crippen LogP contribution in [-0.2, 0) is 6.54 Å². The second-order valence-corrected chi connectivity index (χ2v) is 3.91. The Kier molecular flexibility index (Phi) is 6.16. The zero-order valence-electron chi connectivity index (χ0n) is 10.1. The zero-order valence-corrected chi connectivity index (χ0v) is 10.1. The number of aliphatic hydroxyl groups excluding tert-OH is 1. The second kappa shape index (κ2) is 7.72. The third-order valence-electron chi connectivity index (χ3n) is 2.37. The highest BCUT2D eigenvalue weighted by atomic mass is 16.5. The predicted molar refractivity (Wildman–Crippen MR) is 68.8 cm³/mol. The fraction of sp³-hybridized carbons (Fsp3) is 0.429. The van der Waals surface area contributed by atoms with Gasteiger partial charge < -0.3 is 15.2 Å². The topological polar surface area (TPSA) is 41.5 Å². The van der Waals surface area contributed by atoms with Gasteiger partial charge in [0.1, 0.15) is 5.75 Å². The smallest absolute Gasteiger partial charge is 0.119 e. The summed E-state index contributed by atoms with van der Waals surface area (Å²) in [6, 6.07) is 7.97. The van der Waals surface area contributed by atoms with Crippen molar-refractivity contribution >= 4 is 0 Å². The van der Waals surface area contributed by atoms with Crippen LogP contribution >= 0.6 is 0 Å². The molecule has 0 aromatic heterocycles. The highest BCUT2D eigenvalue weighted by molar-refractivity contribution is 5.27. The van der Waals surface area contributed by atoms with Gasteiger partial charge in [-0.2, -0.15) is 0 Å². The van der Waals surface area contributed by atoms with Crippen LogP contribution in [0.5, 0.6) is 5.75 Å². The fourth-order valence-electron chi connectivity index (χ4n) is 1.29. The second-order valence-electron chi connectivity index (χ2n) is 3.91. The zero-order chi connectivity index (χ0) is 12.5. The summed E-state index contributed by atoms with van der Waals surface area (Å²) < 4.78 is 5.45. The van der Waals surface area contributed by atoms with Crippen LogP contribution in [0.2, 0.25) is 0 Å². The fourth-order valence-corrected chi connectivity index (χ4v) is 1.29. The van der Waals surface area contributed by atoms with Crippen molar-refractivity contribution < 1.29 is 9.84 Å². The van der Waals surface area contributed by atoms with Crippen LogP contribution < -0.4 is 10.1 Å². The van der Waals surface area contributed by atoms with Crippen molar-refractivity contribution in [3.8, 4) is 18.1 Å². The molecule has 0 aliphatic rings. The Bertz CT molecular complexity index is 353. The van der Waals surface area contributed by atoms with Crippen molar-refractivity contribution in [1.82, 2.24) is 5.32 Å². The van der Waals surface area contributed by atoms with Gasteiger partial charge in [-0.3, -0.25) is 0 Å². The lowest BCUT2D eigenvalue weighted by Gasteiger charge is -2.11. The first-order valence-corrected chi connectivity index (χ1v) is 5.75. The van der Waals surface area contributed by atoms with Crippen molar-refractivity contribution in [3.05, 3.63) is 29.8 Å². The number of terminal acetylenes is 1. The van der Waals surface area contributed by atoms with Crippen molar-refractivity contribution in [2.75, 3.05) is 13.2 Å². The molecule has 0 aliphatic carbocycles. The van der Waals surface area contributed by atoms with Crippen molar-refractivity contribution in [3.63, 3.8) is 0 Å². The van der Waals surface area contributed by atoms with E-state index >= 15 is 0 Å². The Morgan fingerprint density at radius 1 is 1.41 bits per heavy atom. The highest BCUT2D eigenvalue weighted by Gasteiger charge is 1.99. The molecule has 3 heteroatoms. The van der Waals surface area contributed by atoms with E-state index in [0.29, 0.717) is 13.0 Å². The lowest BCUT2D eigenvalue weighted by molar-refractivity contribution is 0.251. The quantitative estimate of drug-likeness (QED) is 0.555. The maximum atomic E-state index is 8.88. The van der Waals surface area contributed by atoms with Crippen molar-refractivity contribution in [1.29, 1.82) is 0 Å². The molecule has 0 saturated heterocycles. The van der Waals surface area contributed by atoms with E-state index in [4.69, 9.17) is 16.3 Å². The van der Waals surface area contributed by atoms with Crippen LogP contribution in [0.15, 0.2) is 24.3 Å². The SMILES string of the molecule is C#CCCOc1ccc(CNC(C)CO)cc1. The monoisotopic (exact) mass is 233 g/mol. The van der Waals surface area contributed by atoms with Crippen LogP contribution in [0, 0.1) is 12.3 Å². The molecule has 92 valence electrons. The number of hydrogen-bond acceptors (Lipinski definition) is 3. The number of nitrogens with one attached hydrogen (secondary N) is 1. The first-order chi connectivity index (χ1) is 8.26. The van der Waals surface area contributed by atoms with Gasteiger partial charge in [0.25, 0.3) is 0 Å². The highest BCUT2D eigenvalue weighted by Crippen LogP contribution is 2.12. The molecule has 1 aromatic rings. The molecule has 1 aromatic carbocycles. The van der Waals surface area contributed by atoms with Gasteiger partial charge in [-0.05, 0) is 24.6 Å². The predicted octanol–water partition coefficient (Wildman–Crippen LogP) is 1.56. The number of ether oxygens (including phenoxy) is 1. The third-order valence-corrected chi connectivity index (χ3v) is 2.37. The standard InChI is InChI=1S/C14H19NO2/c1-3-4-9-17-14-7-5-13(6-8-14)10-15-12(2)11-16/h1,5-8,12,15-16H,4,9-11H2,2H3. The molecule has 0 amide bonds. The lowest BCUT2D eigenvalue weighted by atomic mass is 10.2. The van der Waals surface area contributed by atoms with Crippen molar-refractivity contribution in [2.45, 2.75) is 25.9 Å². The molecule has 0 bridgehead atoms. The molecule has 2 N–H and O–H groups in total. The van der Waals surface area contributed by atoms with Gasteiger partial charge in [0.05, 0.1) is 13.2 Å². The summed E-state index contributed by atoms with van der Waals surface area (Å²) >= 11 is 0. The Balaban J connectivity index is 2.37. The molecule has 0 spiro atoms. The molecule has 0 fully saturated rings. The van der Waals surface area contributed by atoms with E-state index in [0.717, 1.165) is 17.9 Å². The Morgan fingerprint density at radius 3 is 2.71 bits per heavy atom. The molecular weight excluding hydrogens is 214 g/mol. The van der Waals surface area contributed by atoms with Crippen LogP contribution in [0.25, 0.3) is 0 Å². The number of aliphatic hydroxyl groups is 1. The van der Waals surface area contributed by atoms with E-state index in [2.05, 4.69) is 11.2 Å². The molecule has 0 heterocycles. The Labute approximate surface area is 103 Å². The first-order valence-electron chi connectivity index (χ1n) is 5.75. The summed E-state index contributed by atoms with van der Waals surface area (Å²) in [6.07, 6.45) is 5.76. The number of hydrogen-bond donors (Lipinski definition) is 2. The number of benzene rings is 1. The van der Waals surface area contributed by atoms with E-state index < -0.39 is 0 Å². The summed E-state index contributed by atoms with van der Waals surface area (Å²) in [7, 11) is 0. The summed E-state index contributed by atoms with van der Waals surface area (Å²) in [5, 5.41) is 12.1. The van der Waals surface area contributed by atoms with E-state index in [-0.39, 0.29) is 12.6 Å². The van der Waals surface area contributed by atoms with E-state index in [1.54, 1.807) is 0 Å². The van der Waals surface area contributed by atoms with Gasteiger partial charge in [-0.25, -0.2) is 0 Å². The molecule has 0 saturated carbocycles. The summed E-state index contributed by atoms with van der Waals surface area (Å²) in [6.45, 7) is 3.38. The Hall–Kier alpha value is -1.50. The lowest BCUT2D eigenvalue weighted by Crippen LogP contribution is -2.28. The third kappa shape index (κ3) is 5.39. The summed E-state index contributed by atoms with van der Waals surface area (Å²) in [5.74, 6) is 3.36. The van der Waals surface area contributed by atoms with Crippen LogP contribution in [0.3, 0.4) is 0 Å². The average molecular weight is 233 g/mol. The molecule has 0 radical (unpaired) electrons. The molecule has 0 aliphatic heterocycles. The summed E-state index contributed by atoms with van der Waals surface area (Å²) in [5.41, 5.74) is 1.16.